The number of oxime groups is 1. The molecule has 1 atom stereocenters. The Labute approximate surface area is 176 Å². The van der Waals surface area contributed by atoms with Gasteiger partial charge in [0.2, 0.25) is 6.10 Å². The van der Waals surface area contributed by atoms with E-state index in [1.807, 2.05) is 0 Å². The first kappa shape index (κ1) is 20.2. The van der Waals surface area contributed by atoms with Crippen molar-refractivity contribution in [1.82, 2.24) is 10.2 Å². The summed E-state index contributed by atoms with van der Waals surface area (Å²) in [7, 11) is 0. The fourth-order valence-corrected chi connectivity index (χ4v) is 3.90. The first-order valence-electron chi connectivity index (χ1n) is 9.57. The number of anilines is 1. The van der Waals surface area contributed by atoms with E-state index in [2.05, 4.69) is 20.7 Å². The second kappa shape index (κ2) is 8.37. The molecule has 2 aliphatic rings. The van der Waals surface area contributed by atoms with E-state index in [-0.39, 0.29) is 23.9 Å². The van der Waals surface area contributed by atoms with Crippen LogP contribution in [0.2, 0.25) is 5.15 Å². The Balaban J connectivity index is 1.80. The number of aliphatic hydroxyl groups is 1. The number of aliphatic carboxylic acids is 1. The maximum Gasteiger partial charge on any atom is 0.347 e. The zero-order valence-electron chi connectivity index (χ0n) is 15.9. The second-order valence-electron chi connectivity index (χ2n) is 7.09. The fraction of sp³-hybridized carbons (Fsp3) is 0.350. The van der Waals surface area contributed by atoms with E-state index in [0.717, 1.165) is 42.4 Å². The third-order valence-corrected chi connectivity index (χ3v) is 5.41. The minimum Gasteiger partial charge on any atom is -0.478 e. The van der Waals surface area contributed by atoms with Crippen LogP contribution >= 0.6 is 11.6 Å². The first-order valence-corrected chi connectivity index (χ1v) is 9.95. The third kappa shape index (κ3) is 3.73. The van der Waals surface area contributed by atoms with Gasteiger partial charge in [-0.2, -0.15) is 0 Å². The predicted octanol–water partition coefficient (Wildman–Crippen LogP) is 2.18. The number of nitrogens with zero attached hydrogens (tertiary/aromatic N) is 3. The number of carboxylic acids is 1. The van der Waals surface area contributed by atoms with Crippen molar-refractivity contribution in [3.05, 3.63) is 40.0 Å². The predicted molar refractivity (Wildman–Crippen MR) is 108 cm³/mol. The van der Waals surface area contributed by atoms with Gasteiger partial charge < -0.3 is 20.4 Å². The standard InChI is InChI=1S/C20H19ClN4O5/c21-16-6-5-14(23-24-16)12-9-13-17(11-4-2-1-3-10(11)12)22-19(27)18(13)25-30-15(7-8-26)20(28)29/h5-6,9,15,26H,1-4,7-8H2,(H,28,29)(H,22,25,27). The van der Waals surface area contributed by atoms with Crippen molar-refractivity contribution in [3.8, 4) is 11.3 Å². The highest BCUT2D eigenvalue weighted by Gasteiger charge is 2.33. The quantitative estimate of drug-likeness (QED) is 0.598. The van der Waals surface area contributed by atoms with E-state index in [0.29, 0.717) is 16.9 Å². The zero-order chi connectivity index (χ0) is 21.3. The number of carbonyl (C=O) groups is 2. The summed E-state index contributed by atoms with van der Waals surface area (Å²) in [5.41, 5.74) is 4.78. The van der Waals surface area contributed by atoms with Gasteiger partial charge in [0.05, 0.1) is 11.4 Å². The van der Waals surface area contributed by atoms with Crippen molar-refractivity contribution in [2.24, 2.45) is 5.16 Å². The molecule has 0 saturated heterocycles. The molecule has 2 aromatic rings. The van der Waals surface area contributed by atoms with Crippen LogP contribution in [0.25, 0.3) is 11.3 Å². The Morgan fingerprint density at radius 1 is 1.23 bits per heavy atom. The Kier molecular flexibility index (Phi) is 5.65. The first-order chi connectivity index (χ1) is 14.5. The third-order valence-electron chi connectivity index (χ3n) is 5.21. The van der Waals surface area contributed by atoms with Crippen LogP contribution in [0.5, 0.6) is 0 Å². The number of benzene rings is 1. The van der Waals surface area contributed by atoms with Crippen LogP contribution in [0, 0.1) is 0 Å². The Bertz CT molecular complexity index is 1040. The van der Waals surface area contributed by atoms with Crippen LogP contribution < -0.4 is 5.32 Å². The highest BCUT2D eigenvalue weighted by atomic mass is 35.5. The molecular weight excluding hydrogens is 412 g/mol. The molecule has 0 radical (unpaired) electrons. The van der Waals surface area contributed by atoms with Gasteiger partial charge in [-0.25, -0.2) is 4.79 Å². The van der Waals surface area contributed by atoms with Gasteiger partial charge in [-0.15, -0.1) is 10.2 Å². The van der Waals surface area contributed by atoms with E-state index < -0.39 is 18.0 Å². The van der Waals surface area contributed by atoms with Gasteiger partial charge in [0.15, 0.2) is 10.9 Å². The van der Waals surface area contributed by atoms with E-state index in [4.69, 9.17) is 21.5 Å². The topological polar surface area (TPSA) is 134 Å². The Morgan fingerprint density at radius 2 is 2.00 bits per heavy atom. The number of nitrogens with one attached hydrogen (secondary N) is 1. The number of amides is 1. The molecular formula is C20H19ClN4O5. The molecule has 0 spiro atoms. The number of aliphatic hydroxyl groups excluding tert-OH is 1. The van der Waals surface area contributed by atoms with Crippen molar-refractivity contribution in [1.29, 1.82) is 0 Å². The molecule has 156 valence electrons. The molecule has 2 heterocycles. The van der Waals surface area contributed by atoms with Crippen LogP contribution in [0.3, 0.4) is 0 Å². The average Bonchev–Trinajstić information content (AvgIpc) is 3.06. The molecule has 10 heteroatoms. The maximum atomic E-state index is 12.6. The SMILES string of the molecule is O=C1Nc2c(cc(-c3ccc(Cl)nn3)c3c2CCCC3)/C1=N\OC(CCO)C(=O)O. The fourth-order valence-electron chi connectivity index (χ4n) is 3.80. The van der Waals surface area contributed by atoms with Gasteiger partial charge in [-0.3, -0.25) is 4.79 Å². The Morgan fingerprint density at radius 3 is 2.67 bits per heavy atom. The van der Waals surface area contributed by atoms with Crippen LogP contribution in [-0.4, -0.2) is 50.7 Å². The van der Waals surface area contributed by atoms with Crippen LogP contribution in [0.1, 0.15) is 36.0 Å². The summed E-state index contributed by atoms with van der Waals surface area (Å²) in [6, 6.07) is 5.23. The second-order valence-corrected chi connectivity index (χ2v) is 7.48. The smallest absolute Gasteiger partial charge is 0.347 e. The van der Waals surface area contributed by atoms with E-state index in [9.17, 15) is 14.7 Å². The van der Waals surface area contributed by atoms with Crippen LogP contribution in [-0.2, 0) is 27.3 Å². The minimum atomic E-state index is -1.35. The van der Waals surface area contributed by atoms with Crippen LogP contribution in [0.15, 0.2) is 23.4 Å². The van der Waals surface area contributed by atoms with Gasteiger partial charge in [0.25, 0.3) is 5.91 Å². The van der Waals surface area contributed by atoms with Gasteiger partial charge >= 0.3 is 5.97 Å². The summed E-state index contributed by atoms with van der Waals surface area (Å²) >= 11 is 5.87. The lowest BCUT2D eigenvalue weighted by Crippen LogP contribution is -2.24. The van der Waals surface area contributed by atoms with Crippen LogP contribution in [0.4, 0.5) is 5.69 Å². The van der Waals surface area contributed by atoms with Crippen molar-refractivity contribution in [2.45, 2.75) is 38.2 Å². The lowest BCUT2D eigenvalue weighted by atomic mass is 9.84. The number of aromatic nitrogens is 2. The van der Waals surface area contributed by atoms with E-state index in [1.54, 1.807) is 18.2 Å². The van der Waals surface area contributed by atoms with E-state index >= 15 is 0 Å². The summed E-state index contributed by atoms with van der Waals surface area (Å²) in [6.07, 6.45) is 2.17. The molecule has 3 N–H and O–H groups in total. The normalized spacial score (nSPS) is 17.3. The monoisotopic (exact) mass is 430 g/mol. The largest absolute Gasteiger partial charge is 0.478 e. The highest BCUT2D eigenvalue weighted by molar-refractivity contribution is 6.54. The van der Waals surface area contributed by atoms with Gasteiger partial charge in [0, 0.05) is 24.2 Å². The van der Waals surface area contributed by atoms with Crippen molar-refractivity contribution in [2.75, 3.05) is 11.9 Å². The number of hydrogen-bond donors (Lipinski definition) is 3. The lowest BCUT2D eigenvalue weighted by molar-refractivity contribution is -0.151. The molecule has 4 rings (SSSR count). The number of carboxylic acid groups (broad SMARTS) is 1. The molecule has 30 heavy (non-hydrogen) atoms. The van der Waals surface area contributed by atoms with Crippen molar-refractivity contribution in [3.63, 3.8) is 0 Å². The van der Waals surface area contributed by atoms with Gasteiger partial charge in [0.1, 0.15) is 0 Å². The minimum absolute atomic E-state index is 0.00858. The summed E-state index contributed by atoms with van der Waals surface area (Å²) in [5.74, 6) is -1.74. The van der Waals surface area contributed by atoms with E-state index in [1.165, 1.54) is 0 Å². The average molecular weight is 431 g/mol. The van der Waals surface area contributed by atoms with Crippen molar-refractivity contribution < 1.29 is 24.6 Å². The molecule has 0 saturated carbocycles. The lowest BCUT2D eigenvalue weighted by Gasteiger charge is -2.22. The number of rotatable bonds is 6. The molecule has 1 aliphatic carbocycles. The Hall–Kier alpha value is -3.04. The number of fused-ring (bicyclic) bond motifs is 3. The molecule has 1 unspecified atom stereocenters. The summed E-state index contributed by atoms with van der Waals surface area (Å²) in [5, 5.41) is 33.3. The molecule has 0 bridgehead atoms. The molecule has 9 nitrogen and oxygen atoms in total. The molecule has 1 aromatic carbocycles. The molecule has 1 aromatic heterocycles. The summed E-state index contributed by atoms with van der Waals surface area (Å²) in [6.45, 7) is -0.377. The molecule has 1 amide bonds. The van der Waals surface area contributed by atoms with Gasteiger partial charge in [-0.05, 0) is 55.0 Å². The zero-order valence-corrected chi connectivity index (χ0v) is 16.6. The van der Waals surface area contributed by atoms with Crippen molar-refractivity contribution >= 4 is 34.9 Å². The molecule has 0 fully saturated rings. The maximum absolute atomic E-state index is 12.6. The molecule has 1 aliphatic heterocycles. The number of halogens is 1. The summed E-state index contributed by atoms with van der Waals surface area (Å²) in [4.78, 5) is 28.9. The highest BCUT2D eigenvalue weighted by Crippen LogP contribution is 2.40. The number of hydrogen-bond acceptors (Lipinski definition) is 7. The number of carbonyl (C=O) groups excluding carboxylic acids is 1. The summed E-state index contributed by atoms with van der Waals surface area (Å²) < 4.78 is 0. The van der Waals surface area contributed by atoms with Gasteiger partial charge in [-0.1, -0.05) is 16.8 Å².